The fourth-order valence-corrected chi connectivity index (χ4v) is 3.72. The number of halogens is 5. The van der Waals surface area contributed by atoms with E-state index in [1.54, 1.807) is 30.3 Å². The number of amidine groups is 1. The first-order valence-corrected chi connectivity index (χ1v) is 9.59. The molecule has 1 aliphatic rings. The molecule has 0 aromatic heterocycles. The van der Waals surface area contributed by atoms with Crippen molar-refractivity contribution in [1.82, 2.24) is 0 Å². The average Bonchev–Trinajstić information content (AvgIpc) is 3.51. The summed E-state index contributed by atoms with van der Waals surface area (Å²) < 4.78 is 48.0. The molecular weight excluding hydrogens is 444 g/mol. The van der Waals surface area contributed by atoms with Gasteiger partial charge in [-0.05, 0) is 30.5 Å². The van der Waals surface area contributed by atoms with Gasteiger partial charge in [0.05, 0.1) is 15.6 Å². The van der Waals surface area contributed by atoms with Gasteiger partial charge in [-0.25, -0.2) is 0 Å². The molecule has 1 unspecified atom stereocenters. The van der Waals surface area contributed by atoms with E-state index < -0.39 is 35.0 Å². The van der Waals surface area contributed by atoms with E-state index in [1.165, 1.54) is 7.11 Å². The molecule has 1 atom stereocenters. The summed E-state index contributed by atoms with van der Waals surface area (Å²) in [6.45, 7) is 0. The number of hydrogen-bond donors (Lipinski definition) is 1. The van der Waals surface area contributed by atoms with Gasteiger partial charge in [-0.3, -0.25) is 4.79 Å². The standard InChI is InChI=1S/C20H17Cl2F3N2O3/c1-29-19(12-7-8-12,11-5-3-2-4-6-11)18(28)27-17(26)15-14(30-20(23,24)25)10-9-13(21)16(15)22/h2-6,9-10,12H,7-8H2,1H3,(H2,26,27,28). The second kappa shape index (κ2) is 8.45. The van der Waals surface area contributed by atoms with Crippen LogP contribution >= 0.6 is 23.2 Å². The van der Waals surface area contributed by atoms with Crippen LogP contribution in [0.15, 0.2) is 47.5 Å². The van der Waals surface area contributed by atoms with Crippen molar-refractivity contribution in [2.45, 2.75) is 24.8 Å². The zero-order valence-corrected chi connectivity index (χ0v) is 17.2. The summed E-state index contributed by atoms with van der Waals surface area (Å²) in [5.74, 6) is -2.19. The van der Waals surface area contributed by atoms with Gasteiger partial charge in [0.15, 0.2) is 5.60 Å². The van der Waals surface area contributed by atoms with Crippen molar-refractivity contribution in [3.63, 3.8) is 0 Å². The van der Waals surface area contributed by atoms with Crippen molar-refractivity contribution in [3.05, 3.63) is 63.6 Å². The van der Waals surface area contributed by atoms with Crippen LogP contribution in [0.25, 0.3) is 0 Å². The second-order valence-corrected chi connectivity index (χ2v) is 7.45. The summed E-state index contributed by atoms with van der Waals surface area (Å²) in [6, 6.07) is 10.8. The number of aliphatic imine (C=N–C) groups is 1. The molecule has 0 saturated heterocycles. The number of alkyl halides is 3. The zero-order valence-electron chi connectivity index (χ0n) is 15.7. The smallest absolute Gasteiger partial charge is 0.405 e. The number of hydrogen-bond acceptors (Lipinski definition) is 3. The fourth-order valence-electron chi connectivity index (χ4n) is 3.31. The molecule has 0 spiro atoms. The van der Waals surface area contributed by atoms with Gasteiger partial charge in [0.25, 0.3) is 5.91 Å². The Kier molecular flexibility index (Phi) is 6.31. The van der Waals surface area contributed by atoms with Crippen LogP contribution in [0.2, 0.25) is 10.0 Å². The highest BCUT2D eigenvalue weighted by molar-refractivity contribution is 6.44. The molecule has 2 N–H and O–H groups in total. The molecular formula is C20H17Cl2F3N2O3. The lowest BCUT2D eigenvalue weighted by atomic mass is 9.87. The number of nitrogens with zero attached hydrogens (tertiary/aromatic N) is 1. The molecule has 1 fully saturated rings. The van der Waals surface area contributed by atoms with Crippen molar-refractivity contribution in [2.75, 3.05) is 7.11 Å². The topological polar surface area (TPSA) is 73.9 Å². The molecule has 3 rings (SSSR count). The van der Waals surface area contributed by atoms with E-state index in [4.69, 9.17) is 33.7 Å². The highest BCUT2D eigenvalue weighted by atomic mass is 35.5. The SMILES string of the molecule is COC(C(=O)N=C(N)c1c(OC(F)(F)F)ccc(Cl)c1Cl)(c1ccccc1)C1CC1. The van der Waals surface area contributed by atoms with Gasteiger partial charge in [-0.1, -0.05) is 53.5 Å². The molecule has 1 aliphatic carbocycles. The Bertz CT molecular complexity index is 979. The first-order valence-electron chi connectivity index (χ1n) is 8.83. The zero-order chi connectivity index (χ0) is 22.1. The minimum Gasteiger partial charge on any atom is -0.405 e. The summed E-state index contributed by atoms with van der Waals surface area (Å²) in [7, 11) is 1.37. The third-order valence-electron chi connectivity index (χ3n) is 4.76. The predicted molar refractivity (Wildman–Crippen MR) is 107 cm³/mol. The number of rotatable bonds is 6. The van der Waals surface area contributed by atoms with E-state index in [9.17, 15) is 18.0 Å². The Morgan fingerprint density at radius 1 is 1.13 bits per heavy atom. The van der Waals surface area contributed by atoms with E-state index in [0.717, 1.165) is 25.0 Å². The summed E-state index contributed by atoms with van der Waals surface area (Å²) in [5.41, 5.74) is 4.65. The molecule has 0 radical (unpaired) electrons. The van der Waals surface area contributed by atoms with Gasteiger partial charge in [0.1, 0.15) is 11.6 Å². The summed E-state index contributed by atoms with van der Waals surface area (Å²) >= 11 is 12.0. The third kappa shape index (κ3) is 4.40. The van der Waals surface area contributed by atoms with Crippen LogP contribution in [-0.4, -0.2) is 25.2 Å². The Labute approximate surface area is 180 Å². The van der Waals surface area contributed by atoms with Crippen molar-refractivity contribution in [2.24, 2.45) is 16.6 Å². The molecule has 10 heteroatoms. The first-order chi connectivity index (χ1) is 14.1. The Balaban J connectivity index is 2.08. The van der Waals surface area contributed by atoms with Crippen LogP contribution in [0.4, 0.5) is 13.2 Å². The van der Waals surface area contributed by atoms with E-state index in [-0.39, 0.29) is 16.0 Å². The molecule has 1 amide bonds. The van der Waals surface area contributed by atoms with Gasteiger partial charge >= 0.3 is 6.36 Å². The maximum Gasteiger partial charge on any atom is 0.573 e. The van der Waals surface area contributed by atoms with Crippen molar-refractivity contribution >= 4 is 34.9 Å². The molecule has 2 aromatic rings. The Hall–Kier alpha value is -2.29. The fraction of sp³-hybridized carbons (Fsp3) is 0.300. The van der Waals surface area contributed by atoms with Crippen LogP contribution in [0.3, 0.4) is 0 Å². The lowest BCUT2D eigenvalue weighted by molar-refractivity contribution is -0.274. The molecule has 30 heavy (non-hydrogen) atoms. The summed E-state index contributed by atoms with van der Waals surface area (Å²) in [4.78, 5) is 17.1. The van der Waals surface area contributed by atoms with Crippen molar-refractivity contribution in [3.8, 4) is 5.75 Å². The Morgan fingerprint density at radius 3 is 2.30 bits per heavy atom. The molecule has 160 valence electrons. The molecule has 5 nitrogen and oxygen atoms in total. The van der Waals surface area contributed by atoms with Crippen LogP contribution < -0.4 is 10.5 Å². The largest absolute Gasteiger partial charge is 0.573 e. The lowest BCUT2D eigenvalue weighted by Gasteiger charge is -2.30. The van der Waals surface area contributed by atoms with Crippen LogP contribution in [-0.2, 0) is 15.1 Å². The van der Waals surface area contributed by atoms with Crippen LogP contribution in [0.5, 0.6) is 5.75 Å². The molecule has 2 aromatic carbocycles. The first kappa shape index (κ1) is 22.4. The lowest BCUT2D eigenvalue weighted by Crippen LogP contribution is -2.40. The maximum absolute atomic E-state index is 13.2. The monoisotopic (exact) mass is 460 g/mol. The Morgan fingerprint density at radius 2 is 1.77 bits per heavy atom. The van der Waals surface area contributed by atoms with Gasteiger partial charge in [0.2, 0.25) is 0 Å². The summed E-state index contributed by atoms with van der Waals surface area (Å²) in [6.07, 6.45) is -3.56. The van der Waals surface area contributed by atoms with E-state index in [0.29, 0.717) is 5.56 Å². The molecule has 1 saturated carbocycles. The highest BCUT2D eigenvalue weighted by Crippen LogP contribution is 2.49. The average molecular weight is 461 g/mol. The number of ether oxygens (including phenoxy) is 2. The van der Waals surface area contributed by atoms with Gasteiger partial charge in [-0.2, -0.15) is 4.99 Å². The van der Waals surface area contributed by atoms with E-state index >= 15 is 0 Å². The van der Waals surface area contributed by atoms with Crippen LogP contribution in [0, 0.1) is 5.92 Å². The number of amides is 1. The highest BCUT2D eigenvalue weighted by Gasteiger charge is 2.53. The van der Waals surface area contributed by atoms with Crippen molar-refractivity contribution in [1.29, 1.82) is 0 Å². The van der Waals surface area contributed by atoms with E-state index in [1.807, 2.05) is 0 Å². The number of benzene rings is 2. The summed E-state index contributed by atoms with van der Waals surface area (Å²) in [5, 5.41) is -0.392. The number of carbonyl (C=O) groups is 1. The quantitative estimate of drug-likeness (QED) is 0.481. The number of methoxy groups -OCH3 is 1. The predicted octanol–water partition coefficient (Wildman–Crippen LogP) is 5.08. The minimum atomic E-state index is -5.01. The molecule has 0 bridgehead atoms. The third-order valence-corrected chi connectivity index (χ3v) is 5.56. The molecule has 0 aliphatic heterocycles. The van der Waals surface area contributed by atoms with E-state index in [2.05, 4.69) is 9.73 Å². The van der Waals surface area contributed by atoms with Gasteiger partial charge in [-0.15, -0.1) is 13.2 Å². The molecule has 0 heterocycles. The normalized spacial score (nSPS) is 16.8. The maximum atomic E-state index is 13.2. The van der Waals surface area contributed by atoms with Crippen molar-refractivity contribution < 1.29 is 27.4 Å². The number of nitrogens with two attached hydrogens (primary N) is 1. The van der Waals surface area contributed by atoms with Gasteiger partial charge < -0.3 is 15.2 Å². The number of carbonyl (C=O) groups excluding carboxylic acids is 1. The second-order valence-electron chi connectivity index (χ2n) is 6.66. The van der Waals surface area contributed by atoms with Crippen LogP contribution in [0.1, 0.15) is 24.0 Å². The van der Waals surface area contributed by atoms with Gasteiger partial charge in [0, 0.05) is 13.0 Å². The minimum absolute atomic E-state index is 0.0740.